The van der Waals surface area contributed by atoms with Crippen molar-refractivity contribution in [1.82, 2.24) is 0 Å². The average molecular weight is 381 g/mol. The normalized spacial score (nSPS) is 28.8. The molecule has 0 saturated heterocycles. The standard InChI is InChI=1S/C18H22O4Se/c1-21-17(19)15(18(20)22-2)14-11-8-9-12(10-11)16(14)23-13-6-4-3-5-7-13/h3-7,11-12,14-16H,8-10H2,1-2H3/t11-,12+,14-,16+/m0/s1. The summed E-state index contributed by atoms with van der Waals surface area (Å²) in [5.41, 5.74) is 0. The number of carbonyl (C=O) groups is 2. The monoisotopic (exact) mass is 382 g/mol. The van der Waals surface area contributed by atoms with Crippen molar-refractivity contribution in [1.29, 1.82) is 0 Å². The number of benzene rings is 1. The summed E-state index contributed by atoms with van der Waals surface area (Å²) in [7, 11) is 2.70. The van der Waals surface area contributed by atoms with Crippen molar-refractivity contribution in [3.8, 4) is 0 Å². The summed E-state index contributed by atoms with van der Waals surface area (Å²) in [6, 6.07) is 10.4. The van der Waals surface area contributed by atoms with E-state index in [1.165, 1.54) is 25.1 Å². The average Bonchev–Trinajstić information content (AvgIpc) is 3.18. The third-order valence-corrected chi connectivity index (χ3v) is 8.39. The van der Waals surface area contributed by atoms with Crippen LogP contribution in [0, 0.1) is 23.7 Å². The molecule has 4 atom stereocenters. The van der Waals surface area contributed by atoms with Crippen molar-refractivity contribution in [2.45, 2.75) is 24.1 Å². The van der Waals surface area contributed by atoms with Crippen molar-refractivity contribution in [2.24, 2.45) is 23.7 Å². The molecule has 0 unspecified atom stereocenters. The second-order valence-electron chi connectivity index (χ2n) is 6.33. The Kier molecular flexibility index (Phi) is 5.08. The topological polar surface area (TPSA) is 52.6 Å². The number of hydrogen-bond acceptors (Lipinski definition) is 4. The minimum atomic E-state index is -0.768. The van der Waals surface area contributed by atoms with Crippen LogP contribution >= 0.6 is 0 Å². The zero-order valence-electron chi connectivity index (χ0n) is 13.4. The van der Waals surface area contributed by atoms with E-state index in [0.29, 0.717) is 16.7 Å². The van der Waals surface area contributed by atoms with Crippen LogP contribution in [0.25, 0.3) is 0 Å². The molecule has 23 heavy (non-hydrogen) atoms. The van der Waals surface area contributed by atoms with Gasteiger partial charge in [-0.1, -0.05) is 0 Å². The van der Waals surface area contributed by atoms with Gasteiger partial charge in [0.1, 0.15) is 0 Å². The Morgan fingerprint density at radius 3 is 2.26 bits per heavy atom. The molecule has 2 aliphatic rings. The van der Waals surface area contributed by atoms with E-state index in [1.807, 2.05) is 6.07 Å². The van der Waals surface area contributed by atoms with Crippen LogP contribution in [0.3, 0.4) is 0 Å². The summed E-state index contributed by atoms with van der Waals surface area (Å²) in [5, 5.41) is 0. The number of esters is 2. The summed E-state index contributed by atoms with van der Waals surface area (Å²) in [4.78, 5) is 24.9. The molecule has 4 nitrogen and oxygen atoms in total. The molecule has 2 fully saturated rings. The molecule has 0 N–H and O–H groups in total. The Hall–Kier alpha value is -1.32. The van der Waals surface area contributed by atoms with Gasteiger partial charge in [-0.25, -0.2) is 0 Å². The van der Waals surface area contributed by atoms with Crippen LogP contribution in [0.2, 0.25) is 4.82 Å². The molecule has 0 aliphatic heterocycles. The van der Waals surface area contributed by atoms with E-state index in [9.17, 15) is 9.59 Å². The van der Waals surface area contributed by atoms with Crippen molar-refractivity contribution in [3.05, 3.63) is 30.3 Å². The van der Waals surface area contributed by atoms with Gasteiger partial charge in [-0.05, 0) is 0 Å². The first-order valence-corrected chi connectivity index (χ1v) is 9.87. The fraction of sp³-hybridized carbons (Fsp3) is 0.556. The van der Waals surface area contributed by atoms with Crippen LogP contribution in [0.1, 0.15) is 19.3 Å². The maximum absolute atomic E-state index is 12.3. The van der Waals surface area contributed by atoms with Crippen molar-refractivity contribution >= 4 is 31.4 Å². The van der Waals surface area contributed by atoms with Crippen molar-refractivity contribution < 1.29 is 19.1 Å². The predicted octanol–water partition coefficient (Wildman–Crippen LogP) is 1.81. The fourth-order valence-electron chi connectivity index (χ4n) is 4.24. The molecule has 2 aliphatic carbocycles. The van der Waals surface area contributed by atoms with Gasteiger partial charge in [0.15, 0.2) is 0 Å². The van der Waals surface area contributed by atoms with E-state index < -0.39 is 17.9 Å². The number of rotatable bonds is 5. The SMILES string of the molecule is COC(=O)C(C(=O)OC)[C@@H]1[C@H]2CC[C@H](C2)[C@H]1[Se]c1ccccc1. The van der Waals surface area contributed by atoms with Gasteiger partial charge < -0.3 is 0 Å². The number of carbonyl (C=O) groups excluding carboxylic acids is 2. The van der Waals surface area contributed by atoms with Gasteiger partial charge in [0.05, 0.1) is 0 Å². The molecule has 124 valence electrons. The van der Waals surface area contributed by atoms with E-state index in [0.717, 1.165) is 12.8 Å². The van der Waals surface area contributed by atoms with Crippen LogP contribution < -0.4 is 4.46 Å². The van der Waals surface area contributed by atoms with Gasteiger partial charge in [-0.3, -0.25) is 0 Å². The van der Waals surface area contributed by atoms with Crippen LogP contribution in [0.5, 0.6) is 0 Å². The Bertz CT molecular complexity index is 558. The summed E-state index contributed by atoms with van der Waals surface area (Å²) in [5.74, 6) is -0.517. The first-order valence-electron chi connectivity index (χ1n) is 8.03. The van der Waals surface area contributed by atoms with Crippen molar-refractivity contribution in [3.63, 3.8) is 0 Å². The molecular formula is C18H22O4Se. The molecule has 0 aromatic heterocycles. The second kappa shape index (κ2) is 7.06. The Labute approximate surface area is 143 Å². The van der Waals surface area contributed by atoms with Gasteiger partial charge >= 0.3 is 143 Å². The van der Waals surface area contributed by atoms with Gasteiger partial charge in [0.25, 0.3) is 0 Å². The van der Waals surface area contributed by atoms with Crippen LogP contribution in [0.15, 0.2) is 30.3 Å². The van der Waals surface area contributed by atoms with Gasteiger partial charge in [0, 0.05) is 0 Å². The summed E-state index contributed by atoms with van der Waals surface area (Å²) in [6.45, 7) is 0. The molecule has 0 spiro atoms. The predicted molar refractivity (Wildman–Crippen MR) is 87.4 cm³/mol. The molecule has 5 heteroatoms. The van der Waals surface area contributed by atoms with Crippen LogP contribution in [-0.4, -0.2) is 41.1 Å². The zero-order chi connectivity index (χ0) is 16.4. The van der Waals surface area contributed by atoms with E-state index >= 15 is 0 Å². The zero-order valence-corrected chi connectivity index (χ0v) is 15.1. The summed E-state index contributed by atoms with van der Waals surface area (Å²) in [6.07, 6.45) is 3.46. The summed E-state index contributed by atoms with van der Waals surface area (Å²) < 4.78 is 11.2. The molecule has 1 aromatic rings. The minimum absolute atomic E-state index is 0.0638. The Morgan fingerprint density at radius 1 is 1.04 bits per heavy atom. The number of fused-ring (bicyclic) bond motifs is 2. The second-order valence-corrected chi connectivity index (χ2v) is 8.96. The maximum atomic E-state index is 12.3. The number of hydrogen-bond donors (Lipinski definition) is 0. The quantitative estimate of drug-likeness (QED) is 0.444. The van der Waals surface area contributed by atoms with Crippen LogP contribution in [-0.2, 0) is 19.1 Å². The van der Waals surface area contributed by atoms with E-state index in [-0.39, 0.29) is 20.9 Å². The van der Waals surface area contributed by atoms with E-state index in [4.69, 9.17) is 9.47 Å². The van der Waals surface area contributed by atoms with E-state index in [2.05, 4.69) is 24.3 Å². The first-order chi connectivity index (χ1) is 11.2. The molecule has 0 heterocycles. The third kappa shape index (κ3) is 3.17. The molecule has 3 rings (SSSR count). The van der Waals surface area contributed by atoms with Gasteiger partial charge in [0.2, 0.25) is 0 Å². The summed E-state index contributed by atoms with van der Waals surface area (Å²) >= 11 is 0.256. The molecule has 0 amide bonds. The molecule has 0 radical (unpaired) electrons. The van der Waals surface area contributed by atoms with Crippen LogP contribution in [0.4, 0.5) is 0 Å². The van der Waals surface area contributed by atoms with Crippen molar-refractivity contribution in [2.75, 3.05) is 14.2 Å². The van der Waals surface area contributed by atoms with Gasteiger partial charge in [-0.15, -0.1) is 0 Å². The van der Waals surface area contributed by atoms with Gasteiger partial charge in [-0.2, -0.15) is 0 Å². The molecular weight excluding hydrogens is 359 g/mol. The first kappa shape index (κ1) is 16.5. The molecule has 2 bridgehead atoms. The Balaban J connectivity index is 1.87. The van der Waals surface area contributed by atoms with E-state index in [1.54, 1.807) is 0 Å². The molecule has 1 aromatic carbocycles. The number of methoxy groups -OCH3 is 2. The molecule has 2 saturated carbocycles. The Morgan fingerprint density at radius 2 is 1.65 bits per heavy atom. The third-order valence-electron chi connectivity index (χ3n) is 5.21. The number of ether oxygens (including phenoxy) is 2. The fourth-order valence-corrected chi connectivity index (χ4v) is 7.61.